The van der Waals surface area contributed by atoms with Gasteiger partial charge in [0, 0.05) is 31.0 Å². The molecule has 1 aliphatic rings. The van der Waals surface area contributed by atoms with Gasteiger partial charge in [-0.2, -0.15) is 0 Å². The van der Waals surface area contributed by atoms with E-state index < -0.39 is 16.0 Å². The Balaban J connectivity index is 2.34. The van der Waals surface area contributed by atoms with E-state index in [2.05, 4.69) is 9.71 Å². The van der Waals surface area contributed by atoms with Crippen molar-refractivity contribution in [1.82, 2.24) is 14.6 Å². The SMILES string of the molecule is Cc1[nH]c(C)c(S(=O)(=O)NCCC(=O)O)c1C(=O)N1CCCC1. The van der Waals surface area contributed by atoms with Gasteiger partial charge in [0.25, 0.3) is 5.91 Å². The highest BCUT2D eigenvalue weighted by Gasteiger charge is 2.32. The number of carboxylic acid groups (broad SMARTS) is 1. The maximum Gasteiger partial charge on any atom is 0.304 e. The Morgan fingerprint density at radius 3 is 2.39 bits per heavy atom. The Kier molecular flexibility index (Phi) is 5.10. The molecule has 1 aromatic rings. The molecule has 1 fully saturated rings. The molecule has 3 N–H and O–H groups in total. The van der Waals surface area contributed by atoms with Crippen molar-refractivity contribution in [1.29, 1.82) is 0 Å². The minimum Gasteiger partial charge on any atom is -0.481 e. The van der Waals surface area contributed by atoms with Crippen LogP contribution in [0.15, 0.2) is 4.90 Å². The molecule has 0 saturated carbocycles. The van der Waals surface area contributed by atoms with Gasteiger partial charge in [0.15, 0.2) is 0 Å². The predicted molar refractivity (Wildman–Crippen MR) is 82.8 cm³/mol. The van der Waals surface area contributed by atoms with Crippen LogP contribution in [0.4, 0.5) is 0 Å². The molecule has 23 heavy (non-hydrogen) atoms. The number of nitrogens with zero attached hydrogens (tertiary/aromatic N) is 1. The second-order valence-electron chi connectivity index (χ2n) is 5.62. The summed E-state index contributed by atoms with van der Waals surface area (Å²) in [5.41, 5.74) is 1.01. The van der Waals surface area contributed by atoms with E-state index in [9.17, 15) is 18.0 Å². The summed E-state index contributed by atoms with van der Waals surface area (Å²) >= 11 is 0. The maximum absolute atomic E-state index is 12.7. The number of hydrogen-bond acceptors (Lipinski definition) is 4. The molecule has 0 aromatic carbocycles. The van der Waals surface area contributed by atoms with E-state index in [-0.39, 0.29) is 29.3 Å². The molecule has 1 aliphatic heterocycles. The summed E-state index contributed by atoms with van der Waals surface area (Å²) in [6.07, 6.45) is 1.50. The van der Waals surface area contributed by atoms with Crippen molar-refractivity contribution in [3.8, 4) is 0 Å². The molecule has 9 heteroatoms. The van der Waals surface area contributed by atoms with Crippen molar-refractivity contribution in [2.75, 3.05) is 19.6 Å². The van der Waals surface area contributed by atoms with Gasteiger partial charge in [0.1, 0.15) is 4.90 Å². The van der Waals surface area contributed by atoms with Crippen LogP contribution < -0.4 is 4.72 Å². The summed E-state index contributed by atoms with van der Waals surface area (Å²) < 4.78 is 27.2. The number of nitrogens with one attached hydrogen (secondary N) is 2. The van der Waals surface area contributed by atoms with Crippen LogP contribution in [0.1, 0.15) is 41.0 Å². The normalized spacial score (nSPS) is 15.1. The molecule has 0 unspecified atom stereocenters. The lowest BCUT2D eigenvalue weighted by atomic mass is 10.2. The zero-order valence-electron chi connectivity index (χ0n) is 13.2. The first-order valence-corrected chi connectivity index (χ1v) is 8.92. The maximum atomic E-state index is 12.7. The molecule has 2 heterocycles. The Bertz CT molecular complexity index is 717. The first kappa shape index (κ1) is 17.5. The molecule has 0 spiro atoms. The lowest BCUT2D eigenvalue weighted by molar-refractivity contribution is -0.136. The molecular formula is C14H21N3O5S. The molecule has 8 nitrogen and oxygen atoms in total. The van der Waals surface area contributed by atoms with Gasteiger partial charge in [-0.25, -0.2) is 13.1 Å². The average molecular weight is 343 g/mol. The van der Waals surface area contributed by atoms with E-state index in [0.717, 1.165) is 12.8 Å². The number of H-pyrrole nitrogens is 1. The molecule has 0 radical (unpaired) electrons. The Hall–Kier alpha value is -1.87. The number of aryl methyl sites for hydroxylation is 2. The fourth-order valence-electron chi connectivity index (χ4n) is 2.79. The van der Waals surface area contributed by atoms with Crippen LogP contribution in [-0.4, -0.2) is 54.9 Å². The number of amides is 1. The minimum absolute atomic E-state index is 0.0858. The van der Waals surface area contributed by atoms with Crippen molar-refractivity contribution in [2.45, 2.75) is 38.0 Å². The number of aromatic nitrogens is 1. The quantitative estimate of drug-likeness (QED) is 0.699. The van der Waals surface area contributed by atoms with Crippen molar-refractivity contribution in [2.24, 2.45) is 0 Å². The summed E-state index contributed by atoms with van der Waals surface area (Å²) in [6.45, 7) is 4.26. The van der Waals surface area contributed by atoms with Gasteiger partial charge < -0.3 is 15.0 Å². The highest BCUT2D eigenvalue weighted by atomic mass is 32.2. The second-order valence-corrected chi connectivity index (χ2v) is 7.32. The molecule has 2 rings (SSSR count). The van der Waals surface area contributed by atoms with E-state index in [0.29, 0.717) is 24.5 Å². The molecule has 1 saturated heterocycles. The third-order valence-corrected chi connectivity index (χ3v) is 5.46. The van der Waals surface area contributed by atoms with Crippen LogP contribution >= 0.6 is 0 Å². The number of sulfonamides is 1. The van der Waals surface area contributed by atoms with E-state index in [1.54, 1.807) is 18.7 Å². The summed E-state index contributed by atoms with van der Waals surface area (Å²) in [6, 6.07) is 0. The summed E-state index contributed by atoms with van der Waals surface area (Å²) in [5.74, 6) is -1.40. The van der Waals surface area contributed by atoms with Crippen LogP contribution in [0.3, 0.4) is 0 Å². The number of carbonyl (C=O) groups is 2. The van der Waals surface area contributed by atoms with Crippen molar-refractivity contribution < 1.29 is 23.1 Å². The number of rotatable bonds is 6. The van der Waals surface area contributed by atoms with Crippen LogP contribution in [0, 0.1) is 13.8 Å². The highest BCUT2D eigenvalue weighted by Crippen LogP contribution is 2.26. The van der Waals surface area contributed by atoms with Gasteiger partial charge in [-0.15, -0.1) is 0 Å². The standard InChI is InChI=1S/C14H21N3O5S/c1-9-12(14(20)17-7-3-4-8-17)13(10(2)16-9)23(21,22)15-6-5-11(18)19/h15-16H,3-8H2,1-2H3,(H,18,19). The van der Waals surface area contributed by atoms with Crippen molar-refractivity contribution >= 4 is 21.9 Å². The lowest BCUT2D eigenvalue weighted by Gasteiger charge is -2.16. The topological polar surface area (TPSA) is 120 Å². The van der Waals surface area contributed by atoms with Crippen molar-refractivity contribution in [3.05, 3.63) is 17.0 Å². The lowest BCUT2D eigenvalue weighted by Crippen LogP contribution is -2.32. The second kappa shape index (κ2) is 6.71. The molecule has 128 valence electrons. The number of aromatic amines is 1. The first-order chi connectivity index (χ1) is 10.7. The summed E-state index contributed by atoms with van der Waals surface area (Å²) in [5, 5.41) is 8.62. The summed E-state index contributed by atoms with van der Waals surface area (Å²) in [4.78, 5) is 27.7. The van der Waals surface area contributed by atoms with E-state index in [4.69, 9.17) is 5.11 Å². The number of carboxylic acids is 1. The van der Waals surface area contributed by atoms with Crippen LogP contribution in [0.2, 0.25) is 0 Å². The minimum atomic E-state index is -3.96. The van der Waals surface area contributed by atoms with E-state index in [1.165, 1.54) is 0 Å². The molecule has 0 bridgehead atoms. The number of aliphatic carboxylic acids is 1. The third-order valence-electron chi connectivity index (χ3n) is 3.82. The Morgan fingerprint density at radius 1 is 1.22 bits per heavy atom. The molecule has 0 aliphatic carbocycles. The number of likely N-dealkylation sites (tertiary alicyclic amines) is 1. The first-order valence-electron chi connectivity index (χ1n) is 7.44. The monoisotopic (exact) mass is 343 g/mol. The van der Waals surface area contributed by atoms with Crippen molar-refractivity contribution in [3.63, 3.8) is 0 Å². The number of hydrogen-bond donors (Lipinski definition) is 3. The molecular weight excluding hydrogens is 322 g/mol. The summed E-state index contributed by atoms with van der Waals surface area (Å²) in [7, 11) is -3.96. The average Bonchev–Trinajstić information content (AvgIpc) is 3.05. The third kappa shape index (κ3) is 3.73. The van der Waals surface area contributed by atoms with E-state index >= 15 is 0 Å². The fraction of sp³-hybridized carbons (Fsp3) is 0.571. The zero-order chi connectivity index (χ0) is 17.2. The predicted octanol–water partition coefficient (Wildman–Crippen LogP) is 0.621. The number of carbonyl (C=O) groups excluding carboxylic acids is 1. The molecule has 1 amide bonds. The van der Waals surface area contributed by atoms with E-state index in [1.807, 2.05) is 0 Å². The Morgan fingerprint density at radius 2 is 1.83 bits per heavy atom. The molecule has 0 atom stereocenters. The smallest absolute Gasteiger partial charge is 0.304 e. The van der Waals surface area contributed by atoms with Gasteiger partial charge in [-0.3, -0.25) is 9.59 Å². The van der Waals surface area contributed by atoms with Gasteiger partial charge >= 0.3 is 5.97 Å². The van der Waals surface area contributed by atoms with Crippen LogP contribution in [0.5, 0.6) is 0 Å². The zero-order valence-corrected chi connectivity index (χ0v) is 14.0. The highest BCUT2D eigenvalue weighted by molar-refractivity contribution is 7.89. The van der Waals surface area contributed by atoms with Gasteiger partial charge in [0.05, 0.1) is 12.0 Å². The largest absolute Gasteiger partial charge is 0.481 e. The van der Waals surface area contributed by atoms with Gasteiger partial charge in [-0.05, 0) is 26.7 Å². The van der Waals surface area contributed by atoms with Crippen LogP contribution in [0.25, 0.3) is 0 Å². The fourth-order valence-corrected chi connectivity index (χ4v) is 4.27. The van der Waals surface area contributed by atoms with Gasteiger partial charge in [-0.1, -0.05) is 0 Å². The Labute approximate surface area is 134 Å². The van der Waals surface area contributed by atoms with Gasteiger partial charge in [0.2, 0.25) is 10.0 Å². The van der Waals surface area contributed by atoms with Crippen LogP contribution in [-0.2, 0) is 14.8 Å². The molecule has 1 aromatic heterocycles.